The van der Waals surface area contributed by atoms with Crippen LogP contribution in [0.3, 0.4) is 0 Å². The molecule has 0 N–H and O–H groups in total. The maximum atomic E-state index is 12.2. The van der Waals surface area contributed by atoms with Gasteiger partial charge in [-0.05, 0) is 24.6 Å². The van der Waals surface area contributed by atoms with E-state index < -0.39 is 0 Å². The highest BCUT2D eigenvalue weighted by Crippen LogP contribution is 2.08. The first-order valence-electron chi connectivity index (χ1n) is 6.81. The van der Waals surface area contributed by atoms with Crippen molar-refractivity contribution in [1.29, 1.82) is 0 Å². The first-order valence-corrected chi connectivity index (χ1v) is 6.81. The summed E-state index contributed by atoms with van der Waals surface area (Å²) in [4.78, 5) is 20.4. The summed E-state index contributed by atoms with van der Waals surface area (Å²) < 4.78 is 7.22. The van der Waals surface area contributed by atoms with E-state index in [4.69, 9.17) is 4.74 Å². The Kier molecular flexibility index (Phi) is 3.91. The lowest BCUT2D eigenvalue weighted by Gasteiger charge is -2.08. The van der Waals surface area contributed by atoms with Crippen molar-refractivity contribution >= 4 is 10.9 Å². The zero-order chi connectivity index (χ0) is 14.5. The van der Waals surface area contributed by atoms with Crippen LogP contribution in [0.2, 0.25) is 0 Å². The Morgan fingerprint density at radius 2 is 2.00 bits per heavy atom. The van der Waals surface area contributed by atoms with Crippen LogP contribution in [-0.4, -0.2) is 21.1 Å². The maximum absolute atomic E-state index is 12.2. The minimum Gasteiger partial charge on any atom is -0.494 e. The number of aromatic nitrogens is 3. The van der Waals surface area contributed by atoms with Crippen LogP contribution in [0.5, 0.6) is 5.75 Å². The molecule has 0 aliphatic carbocycles. The quantitative estimate of drug-likeness (QED) is 0.673. The molecule has 0 unspecified atom stereocenters. The first-order chi connectivity index (χ1) is 10.3. The summed E-state index contributed by atoms with van der Waals surface area (Å²) in [6.45, 7) is 1.14. The molecule has 3 aromatic rings. The van der Waals surface area contributed by atoms with Crippen LogP contribution in [0.4, 0.5) is 0 Å². The molecule has 5 nitrogen and oxygen atoms in total. The van der Waals surface area contributed by atoms with E-state index in [-0.39, 0.29) is 5.56 Å². The van der Waals surface area contributed by atoms with Crippen LogP contribution in [0.25, 0.3) is 10.9 Å². The number of fused-ring (bicyclic) bond motifs is 1. The Labute approximate surface area is 121 Å². The van der Waals surface area contributed by atoms with Gasteiger partial charge in [0.1, 0.15) is 5.75 Å². The van der Waals surface area contributed by atoms with Crippen molar-refractivity contribution in [2.75, 3.05) is 6.61 Å². The number of hydrogen-bond acceptors (Lipinski definition) is 4. The molecule has 0 saturated carbocycles. The Bertz CT molecular complexity index is 784. The van der Waals surface area contributed by atoms with Crippen LogP contribution in [0, 0.1) is 0 Å². The van der Waals surface area contributed by atoms with Crippen LogP contribution in [0.15, 0.2) is 59.9 Å². The summed E-state index contributed by atoms with van der Waals surface area (Å²) in [6.07, 6.45) is 5.51. The fourth-order valence-corrected chi connectivity index (χ4v) is 2.11. The van der Waals surface area contributed by atoms with Gasteiger partial charge in [0.05, 0.1) is 30.0 Å². The zero-order valence-electron chi connectivity index (χ0n) is 11.5. The van der Waals surface area contributed by atoms with Gasteiger partial charge in [-0.2, -0.15) is 0 Å². The van der Waals surface area contributed by atoms with Crippen molar-refractivity contribution in [3.63, 3.8) is 0 Å². The van der Waals surface area contributed by atoms with Crippen LogP contribution < -0.4 is 10.3 Å². The molecule has 2 heterocycles. The molecule has 0 amide bonds. The summed E-state index contributed by atoms with van der Waals surface area (Å²) in [5, 5.41) is 0.594. The van der Waals surface area contributed by atoms with Gasteiger partial charge in [0.2, 0.25) is 0 Å². The summed E-state index contributed by atoms with van der Waals surface area (Å²) in [5.74, 6) is 0.840. The molecule has 0 radical (unpaired) electrons. The highest BCUT2D eigenvalue weighted by molar-refractivity contribution is 5.75. The van der Waals surface area contributed by atoms with E-state index in [0.29, 0.717) is 24.1 Å². The highest BCUT2D eigenvalue weighted by Gasteiger charge is 2.03. The van der Waals surface area contributed by atoms with E-state index in [1.165, 1.54) is 0 Å². The summed E-state index contributed by atoms with van der Waals surface area (Å²) in [7, 11) is 0. The summed E-state index contributed by atoms with van der Waals surface area (Å²) in [5.41, 5.74) is 0.585. The van der Waals surface area contributed by atoms with Gasteiger partial charge in [0.15, 0.2) is 0 Å². The number of para-hydroxylation sites is 1. The fraction of sp³-hybridized carbons (Fsp3) is 0.188. The monoisotopic (exact) mass is 281 g/mol. The third kappa shape index (κ3) is 3.08. The van der Waals surface area contributed by atoms with E-state index in [2.05, 4.69) is 9.97 Å². The second kappa shape index (κ2) is 6.17. The minimum absolute atomic E-state index is 0.0397. The minimum atomic E-state index is -0.0397. The summed E-state index contributed by atoms with van der Waals surface area (Å²) >= 11 is 0. The lowest BCUT2D eigenvalue weighted by atomic mass is 10.3. The van der Waals surface area contributed by atoms with Gasteiger partial charge in [0.25, 0.3) is 5.56 Å². The molecule has 106 valence electrons. The average Bonchev–Trinajstić information content (AvgIpc) is 2.55. The Balaban J connectivity index is 1.63. The molecule has 3 rings (SSSR count). The molecule has 0 aliphatic heterocycles. The molecule has 0 fully saturated rings. The first kappa shape index (κ1) is 13.3. The molecule has 0 aliphatic rings. The molecule has 0 atom stereocenters. The van der Waals surface area contributed by atoms with E-state index in [9.17, 15) is 4.79 Å². The highest BCUT2D eigenvalue weighted by atomic mass is 16.5. The second-order valence-corrected chi connectivity index (χ2v) is 4.65. The maximum Gasteiger partial charge on any atom is 0.261 e. The van der Waals surface area contributed by atoms with Crippen molar-refractivity contribution in [2.45, 2.75) is 13.0 Å². The predicted octanol–water partition coefficient (Wildman–Crippen LogP) is 2.26. The number of ether oxygens (including phenoxy) is 1. The van der Waals surface area contributed by atoms with Crippen LogP contribution in [-0.2, 0) is 6.54 Å². The fourth-order valence-electron chi connectivity index (χ4n) is 2.11. The standard InChI is InChI=1S/C16H15N3O2/c20-16-14-7-8-17-11-15(14)18-12-19(16)9-4-10-21-13-5-2-1-3-6-13/h1-3,5-8,11-12H,4,9-10H2. The molecular weight excluding hydrogens is 266 g/mol. The van der Waals surface area contributed by atoms with Gasteiger partial charge in [-0.15, -0.1) is 0 Å². The van der Waals surface area contributed by atoms with Crippen LogP contribution in [0.1, 0.15) is 6.42 Å². The van der Waals surface area contributed by atoms with E-state index >= 15 is 0 Å². The van der Waals surface area contributed by atoms with Crippen LogP contribution >= 0.6 is 0 Å². The van der Waals surface area contributed by atoms with Crippen molar-refractivity contribution < 1.29 is 4.74 Å². The number of rotatable bonds is 5. The number of nitrogens with zero attached hydrogens (tertiary/aromatic N) is 3. The molecule has 0 saturated heterocycles. The summed E-state index contributed by atoms with van der Waals surface area (Å²) in [6, 6.07) is 11.3. The normalized spacial score (nSPS) is 10.7. The Morgan fingerprint density at radius 3 is 2.86 bits per heavy atom. The van der Waals surface area contributed by atoms with Gasteiger partial charge < -0.3 is 4.74 Å². The molecule has 5 heteroatoms. The molecule has 0 spiro atoms. The Hall–Kier alpha value is -2.69. The number of benzene rings is 1. The largest absolute Gasteiger partial charge is 0.494 e. The molecule has 0 bridgehead atoms. The average molecular weight is 281 g/mol. The molecule has 2 aromatic heterocycles. The SMILES string of the molecule is O=c1c2ccncc2ncn1CCCOc1ccccc1. The Morgan fingerprint density at radius 1 is 1.14 bits per heavy atom. The topological polar surface area (TPSA) is 57.0 Å². The van der Waals surface area contributed by atoms with E-state index in [0.717, 1.165) is 12.2 Å². The third-order valence-electron chi connectivity index (χ3n) is 3.18. The van der Waals surface area contributed by atoms with E-state index in [1.807, 2.05) is 30.3 Å². The molecule has 1 aromatic carbocycles. The molecular formula is C16H15N3O2. The van der Waals surface area contributed by atoms with Gasteiger partial charge in [-0.25, -0.2) is 4.98 Å². The van der Waals surface area contributed by atoms with Crippen molar-refractivity contribution in [3.8, 4) is 5.75 Å². The number of pyridine rings is 1. The van der Waals surface area contributed by atoms with Crippen molar-refractivity contribution in [1.82, 2.24) is 14.5 Å². The molecule has 21 heavy (non-hydrogen) atoms. The van der Waals surface area contributed by atoms with Gasteiger partial charge in [-0.1, -0.05) is 18.2 Å². The van der Waals surface area contributed by atoms with Gasteiger partial charge in [0, 0.05) is 12.7 Å². The van der Waals surface area contributed by atoms with Crippen molar-refractivity contribution in [2.24, 2.45) is 0 Å². The zero-order valence-corrected chi connectivity index (χ0v) is 11.5. The predicted molar refractivity (Wildman–Crippen MR) is 80.4 cm³/mol. The number of aryl methyl sites for hydroxylation is 1. The smallest absolute Gasteiger partial charge is 0.261 e. The van der Waals surface area contributed by atoms with Crippen molar-refractivity contribution in [3.05, 3.63) is 65.5 Å². The lowest BCUT2D eigenvalue weighted by molar-refractivity contribution is 0.301. The third-order valence-corrected chi connectivity index (χ3v) is 3.18. The van der Waals surface area contributed by atoms with Gasteiger partial charge in [-0.3, -0.25) is 14.3 Å². The van der Waals surface area contributed by atoms with Gasteiger partial charge >= 0.3 is 0 Å². The van der Waals surface area contributed by atoms with E-state index in [1.54, 1.807) is 29.4 Å². The second-order valence-electron chi connectivity index (χ2n) is 4.65. The lowest BCUT2D eigenvalue weighted by Crippen LogP contribution is -2.21. The number of hydrogen-bond donors (Lipinski definition) is 0.